The number of anilines is 1. The molecule has 0 radical (unpaired) electrons. The number of benzene rings is 1. The second-order valence-electron chi connectivity index (χ2n) is 7.06. The van der Waals surface area contributed by atoms with Gasteiger partial charge >= 0.3 is 12.2 Å². The quantitative estimate of drug-likeness (QED) is 0.795. The molecule has 6 heteroatoms. The first-order valence-electron chi connectivity index (χ1n) is 7.87. The molecular weight excluding hydrogens is 296 g/mol. The molecule has 2 amide bonds. The highest BCUT2D eigenvalue weighted by Gasteiger charge is 2.46. The second kappa shape index (κ2) is 5.44. The number of nitrogens with zero attached hydrogens (tertiary/aromatic N) is 1. The molecule has 2 aliphatic rings. The van der Waals surface area contributed by atoms with Crippen LogP contribution in [0.3, 0.4) is 0 Å². The Kier molecular flexibility index (Phi) is 3.70. The Balaban J connectivity index is 1.88. The highest BCUT2D eigenvalue weighted by atomic mass is 16.6. The summed E-state index contributed by atoms with van der Waals surface area (Å²) in [5.41, 5.74) is 0.306. The van der Waals surface area contributed by atoms with Crippen molar-refractivity contribution in [2.24, 2.45) is 0 Å². The number of piperidine rings is 1. The van der Waals surface area contributed by atoms with Gasteiger partial charge in [-0.2, -0.15) is 0 Å². The highest BCUT2D eigenvalue weighted by molar-refractivity contribution is 5.89. The highest BCUT2D eigenvalue weighted by Crippen LogP contribution is 2.42. The Bertz CT molecular complexity index is 638. The lowest BCUT2D eigenvalue weighted by Gasteiger charge is -2.45. The van der Waals surface area contributed by atoms with Crippen LogP contribution in [0.15, 0.2) is 24.3 Å². The van der Waals surface area contributed by atoms with Crippen molar-refractivity contribution >= 4 is 17.9 Å². The van der Waals surface area contributed by atoms with E-state index in [2.05, 4.69) is 5.32 Å². The fourth-order valence-electron chi connectivity index (χ4n) is 3.16. The number of amides is 2. The number of nitrogens with one attached hydrogen (secondary N) is 1. The molecule has 0 unspecified atom stereocenters. The Morgan fingerprint density at radius 1 is 1.35 bits per heavy atom. The first-order chi connectivity index (χ1) is 10.8. The van der Waals surface area contributed by atoms with Gasteiger partial charge in [-0.05, 0) is 39.7 Å². The van der Waals surface area contributed by atoms with Crippen LogP contribution in [-0.4, -0.2) is 35.8 Å². The van der Waals surface area contributed by atoms with E-state index in [9.17, 15) is 9.59 Å². The van der Waals surface area contributed by atoms with E-state index in [1.165, 1.54) is 0 Å². The minimum atomic E-state index is -0.798. The zero-order chi connectivity index (χ0) is 16.7. The normalized spacial score (nSPS) is 23.8. The van der Waals surface area contributed by atoms with Crippen LogP contribution in [-0.2, 0) is 15.1 Å². The minimum Gasteiger partial charge on any atom is -0.444 e. The lowest BCUT2D eigenvalue weighted by Crippen LogP contribution is -2.53. The lowest BCUT2D eigenvalue weighted by molar-refractivity contribution is -0.0537. The zero-order valence-electron chi connectivity index (χ0n) is 13.7. The maximum absolute atomic E-state index is 12.4. The van der Waals surface area contributed by atoms with E-state index in [1.807, 2.05) is 45.0 Å². The van der Waals surface area contributed by atoms with E-state index >= 15 is 0 Å². The summed E-state index contributed by atoms with van der Waals surface area (Å²) in [6, 6.07) is 7.57. The molecule has 1 atom stereocenters. The van der Waals surface area contributed by atoms with Crippen molar-refractivity contribution in [1.29, 1.82) is 0 Å². The van der Waals surface area contributed by atoms with Gasteiger partial charge in [0, 0.05) is 12.1 Å². The first-order valence-corrected chi connectivity index (χ1v) is 7.87. The summed E-state index contributed by atoms with van der Waals surface area (Å²) < 4.78 is 11.1. The van der Waals surface area contributed by atoms with Crippen molar-refractivity contribution < 1.29 is 19.1 Å². The van der Waals surface area contributed by atoms with Gasteiger partial charge in [-0.25, -0.2) is 9.59 Å². The number of para-hydroxylation sites is 1. The summed E-state index contributed by atoms with van der Waals surface area (Å²) in [6.07, 6.45) is 0.593. The Morgan fingerprint density at radius 3 is 2.83 bits per heavy atom. The molecule has 1 saturated heterocycles. The predicted molar refractivity (Wildman–Crippen MR) is 85.3 cm³/mol. The van der Waals surface area contributed by atoms with Crippen molar-refractivity contribution in [2.75, 3.05) is 18.4 Å². The summed E-state index contributed by atoms with van der Waals surface area (Å²) >= 11 is 0. The molecule has 23 heavy (non-hydrogen) atoms. The maximum Gasteiger partial charge on any atom is 0.412 e. The molecular formula is C17H22N2O4. The van der Waals surface area contributed by atoms with Crippen LogP contribution in [0.2, 0.25) is 0 Å². The fourth-order valence-corrected chi connectivity index (χ4v) is 3.16. The van der Waals surface area contributed by atoms with Gasteiger partial charge in [-0.3, -0.25) is 5.32 Å². The molecule has 2 heterocycles. The molecule has 2 aliphatic heterocycles. The first kappa shape index (κ1) is 15.6. The van der Waals surface area contributed by atoms with Crippen LogP contribution in [0.5, 0.6) is 0 Å². The van der Waals surface area contributed by atoms with Crippen molar-refractivity contribution in [3.63, 3.8) is 0 Å². The van der Waals surface area contributed by atoms with E-state index in [4.69, 9.17) is 9.47 Å². The van der Waals surface area contributed by atoms with Gasteiger partial charge in [0.1, 0.15) is 5.60 Å². The molecule has 3 rings (SSSR count). The van der Waals surface area contributed by atoms with Crippen LogP contribution < -0.4 is 5.32 Å². The second-order valence-corrected chi connectivity index (χ2v) is 7.06. The van der Waals surface area contributed by atoms with Crippen LogP contribution >= 0.6 is 0 Å². The van der Waals surface area contributed by atoms with Crippen molar-refractivity contribution in [2.45, 2.75) is 44.8 Å². The number of carbonyl (C=O) groups excluding carboxylic acids is 2. The number of carbonyl (C=O) groups is 2. The van der Waals surface area contributed by atoms with Gasteiger partial charge in [0.25, 0.3) is 0 Å². The predicted octanol–water partition coefficient (Wildman–Crippen LogP) is 3.47. The number of hydrogen-bond acceptors (Lipinski definition) is 4. The summed E-state index contributed by atoms with van der Waals surface area (Å²) in [5.74, 6) is 0. The van der Waals surface area contributed by atoms with Gasteiger partial charge in [-0.1, -0.05) is 18.2 Å². The number of hydrogen-bond donors (Lipinski definition) is 1. The fraction of sp³-hybridized carbons (Fsp3) is 0.529. The zero-order valence-corrected chi connectivity index (χ0v) is 13.7. The van der Waals surface area contributed by atoms with Crippen LogP contribution in [0.25, 0.3) is 0 Å². The van der Waals surface area contributed by atoms with E-state index in [0.29, 0.717) is 19.5 Å². The van der Waals surface area contributed by atoms with Crippen LogP contribution in [0.1, 0.15) is 39.2 Å². The molecule has 0 saturated carbocycles. The number of ether oxygens (including phenoxy) is 2. The average molecular weight is 318 g/mol. The molecule has 0 bridgehead atoms. The molecule has 124 valence electrons. The van der Waals surface area contributed by atoms with E-state index < -0.39 is 17.3 Å². The SMILES string of the molecule is CC(C)(C)OC(=O)N1CCC[C@]2(C1)OC(=O)Nc1ccccc12. The summed E-state index contributed by atoms with van der Waals surface area (Å²) in [7, 11) is 0. The summed E-state index contributed by atoms with van der Waals surface area (Å²) in [5, 5.41) is 2.72. The molecule has 1 N–H and O–H groups in total. The Morgan fingerprint density at radius 2 is 2.09 bits per heavy atom. The van der Waals surface area contributed by atoms with Crippen LogP contribution in [0.4, 0.5) is 15.3 Å². The molecule has 1 aromatic carbocycles. The topological polar surface area (TPSA) is 67.9 Å². The minimum absolute atomic E-state index is 0.312. The van der Waals surface area contributed by atoms with Gasteiger partial charge in [0.2, 0.25) is 0 Å². The van der Waals surface area contributed by atoms with E-state index in [1.54, 1.807) is 4.90 Å². The summed E-state index contributed by atoms with van der Waals surface area (Å²) in [6.45, 7) is 6.43. The molecule has 0 aliphatic carbocycles. The standard InChI is InChI=1S/C17H22N2O4/c1-16(2,3)23-15(21)19-10-6-9-17(11-19)12-7-4-5-8-13(12)18-14(20)22-17/h4-5,7-8H,6,9-11H2,1-3H3,(H,18,20)/t17-/m1/s1. The third-order valence-corrected chi connectivity index (χ3v) is 4.05. The van der Waals surface area contributed by atoms with Gasteiger partial charge in [0.15, 0.2) is 5.60 Å². The van der Waals surface area contributed by atoms with Crippen LogP contribution in [0, 0.1) is 0 Å². The van der Waals surface area contributed by atoms with Crippen molar-refractivity contribution in [3.8, 4) is 0 Å². The average Bonchev–Trinajstić information content (AvgIpc) is 2.45. The van der Waals surface area contributed by atoms with Crippen molar-refractivity contribution in [1.82, 2.24) is 4.90 Å². The molecule has 1 spiro atoms. The number of likely N-dealkylation sites (tertiary alicyclic amines) is 1. The van der Waals surface area contributed by atoms with Gasteiger partial charge in [0.05, 0.1) is 12.2 Å². The largest absolute Gasteiger partial charge is 0.444 e. The van der Waals surface area contributed by atoms with Gasteiger partial charge in [-0.15, -0.1) is 0 Å². The Labute approximate surface area is 135 Å². The molecule has 1 aromatic rings. The lowest BCUT2D eigenvalue weighted by atomic mass is 9.83. The summed E-state index contributed by atoms with van der Waals surface area (Å²) in [4.78, 5) is 25.9. The molecule has 6 nitrogen and oxygen atoms in total. The molecule has 1 fully saturated rings. The maximum atomic E-state index is 12.4. The van der Waals surface area contributed by atoms with Gasteiger partial charge < -0.3 is 14.4 Å². The third kappa shape index (κ3) is 3.11. The number of fused-ring (bicyclic) bond motifs is 2. The third-order valence-electron chi connectivity index (χ3n) is 4.05. The van der Waals surface area contributed by atoms with E-state index in [0.717, 1.165) is 17.7 Å². The smallest absolute Gasteiger partial charge is 0.412 e. The van der Waals surface area contributed by atoms with Crippen molar-refractivity contribution in [3.05, 3.63) is 29.8 Å². The van der Waals surface area contributed by atoms with E-state index in [-0.39, 0.29) is 6.09 Å². The monoisotopic (exact) mass is 318 g/mol. The number of rotatable bonds is 0. The molecule has 0 aromatic heterocycles. The Hall–Kier alpha value is -2.24.